The first-order valence-corrected chi connectivity index (χ1v) is 7.59. The molecule has 0 fully saturated rings. The van der Waals surface area contributed by atoms with Gasteiger partial charge in [-0.1, -0.05) is 6.58 Å². The van der Waals surface area contributed by atoms with E-state index in [9.17, 15) is 0 Å². The monoisotopic (exact) mass is 358 g/mol. The Morgan fingerprint density at radius 3 is 2.88 bits per heavy atom. The van der Waals surface area contributed by atoms with Crippen molar-refractivity contribution in [1.29, 1.82) is 5.41 Å². The predicted molar refractivity (Wildman–Crippen MR) is 98.9 cm³/mol. The molecule has 3 aromatic rings. The summed E-state index contributed by atoms with van der Waals surface area (Å²) in [5.41, 5.74) is 16.5. The molecule has 0 atom stereocenters. The van der Waals surface area contributed by atoms with Crippen LogP contribution in [-0.4, -0.2) is 33.0 Å². The third-order valence-corrected chi connectivity index (χ3v) is 3.90. The summed E-state index contributed by atoms with van der Waals surface area (Å²) in [6, 6.07) is 5.46. The molecular weight excluding hydrogens is 339 g/mol. The van der Waals surface area contributed by atoms with Gasteiger partial charge >= 0.3 is 29.6 Å². The number of anilines is 1. The van der Waals surface area contributed by atoms with Crippen molar-refractivity contribution in [3.05, 3.63) is 48.3 Å². The minimum absolute atomic E-state index is 0. The summed E-state index contributed by atoms with van der Waals surface area (Å²) in [6.07, 6.45) is 5.76. The minimum atomic E-state index is 0. The molecule has 0 aliphatic carbocycles. The van der Waals surface area contributed by atoms with Crippen LogP contribution in [0.25, 0.3) is 28.5 Å². The van der Waals surface area contributed by atoms with Crippen LogP contribution in [0.3, 0.4) is 0 Å². The third-order valence-electron chi connectivity index (χ3n) is 3.90. The summed E-state index contributed by atoms with van der Waals surface area (Å²) in [4.78, 5) is 7.66. The molecule has 0 aliphatic rings. The maximum Gasteiger partial charge on any atom is 1.00 e. The Balaban J connectivity index is 0.00000243. The van der Waals surface area contributed by atoms with Gasteiger partial charge in [-0.05, 0) is 23.4 Å². The third kappa shape index (κ3) is 3.58. The quantitative estimate of drug-likeness (QED) is 0.211. The van der Waals surface area contributed by atoms with Gasteiger partial charge in [0.05, 0.1) is 24.4 Å². The Bertz CT molecular complexity index is 940. The Morgan fingerprint density at radius 2 is 2.27 bits per heavy atom. The number of rotatable bonds is 6. The van der Waals surface area contributed by atoms with Gasteiger partial charge < -0.3 is 37.0 Å². The van der Waals surface area contributed by atoms with E-state index in [2.05, 4.69) is 33.2 Å². The standard InChI is InChI=1S/C17H19N8.Na/c1-10(20)11-5-12(13(7-18)14(6-11)21-2)15-8-22-17(24-15)16-3-4-23-25(16)9-19;/h3,5-8,18,21H,1,9,19-20H2,2H3,(H,22,24);/q-1;+1. The Hall–Kier alpha value is -2.39. The minimum Gasteiger partial charge on any atom is -0.399 e. The molecule has 0 spiro atoms. The zero-order valence-electron chi connectivity index (χ0n) is 14.8. The molecule has 0 radical (unpaired) electrons. The molecule has 1 aromatic carbocycles. The second-order valence-corrected chi connectivity index (χ2v) is 5.39. The molecule has 2 aromatic heterocycles. The fraction of sp³-hybridized carbons (Fsp3) is 0.118. The fourth-order valence-corrected chi connectivity index (χ4v) is 2.63. The van der Waals surface area contributed by atoms with Gasteiger partial charge in [-0.15, -0.1) is 6.20 Å². The molecule has 0 bridgehead atoms. The normalized spacial score (nSPS) is 10.2. The van der Waals surface area contributed by atoms with Crippen LogP contribution in [0, 0.1) is 11.6 Å². The second kappa shape index (κ2) is 8.33. The van der Waals surface area contributed by atoms with Crippen LogP contribution in [0.5, 0.6) is 0 Å². The van der Waals surface area contributed by atoms with Gasteiger partial charge in [0.15, 0.2) is 0 Å². The first-order chi connectivity index (χ1) is 12.1. The molecule has 8 nitrogen and oxygen atoms in total. The van der Waals surface area contributed by atoms with E-state index >= 15 is 0 Å². The summed E-state index contributed by atoms with van der Waals surface area (Å²) in [5, 5.41) is 14.9. The number of aromatic nitrogens is 4. The zero-order chi connectivity index (χ0) is 18.0. The number of nitrogens with two attached hydrogens (primary N) is 2. The molecule has 26 heavy (non-hydrogen) atoms. The number of hydrogen-bond donors (Lipinski definition) is 5. The van der Waals surface area contributed by atoms with Crippen LogP contribution >= 0.6 is 0 Å². The van der Waals surface area contributed by atoms with Crippen LogP contribution in [-0.2, 0) is 6.67 Å². The van der Waals surface area contributed by atoms with E-state index in [0.29, 0.717) is 11.5 Å². The molecule has 0 unspecified atom stereocenters. The molecular formula is C17H19N8Na. The molecule has 0 amide bonds. The Labute approximate surface area is 173 Å². The number of H-pyrrole nitrogens is 1. The Morgan fingerprint density at radius 1 is 1.50 bits per heavy atom. The smallest absolute Gasteiger partial charge is 0.399 e. The number of aromatic amines is 1. The Kier molecular flexibility index (Phi) is 6.38. The van der Waals surface area contributed by atoms with Crippen molar-refractivity contribution in [2.75, 3.05) is 12.4 Å². The first-order valence-electron chi connectivity index (χ1n) is 7.59. The van der Waals surface area contributed by atoms with E-state index in [-0.39, 0.29) is 36.2 Å². The molecule has 7 N–H and O–H groups in total. The molecule has 2 heterocycles. The van der Waals surface area contributed by atoms with E-state index in [1.807, 2.05) is 12.1 Å². The van der Waals surface area contributed by atoms with Crippen molar-refractivity contribution >= 4 is 17.6 Å². The number of nitrogens with one attached hydrogen (secondary N) is 3. The molecule has 3 rings (SSSR count). The number of hydrogen-bond acceptors (Lipinski definition) is 6. The van der Waals surface area contributed by atoms with Crippen LogP contribution in [0.4, 0.5) is 5.69 Å². The van der Waals surface area contributed by atoms with Gasteiger partial charge in [0.2, 0.25) is 0 Å². The van der Waals surface area contributed by atoms with Crippen molar-refractivity contribution in [3.8, 4) is 22.8 Å². The van der Waals surface area contributed by atoms with Gasteiger partial charge in [0.25, 0.3) is 0 Å². The summed E-state index contributed by atoms with van der Waals surface area (Å²) >= 11 is 0. The maximum atomic E-state index is 7.78. The van der Waals surface area contributed by atoms with Crippen LogP contribution in [0.1, 0.15) is 11.1 Å². The number of imidazole rings is 1. The molecule has 128 valence electrons. The van der Waals surface area contributed by atoms with Crippen LogP contribution in [0.2, 0.25) is 0 Å². The largest absolute Gasteiger partial charge is 1.00 e. The van der Waals surface area contributed by atoms with Crippen molar-refractivity contribution in [1.82, 2.24) is 19.7 Å². The average molecular weight is 358 g/mol. The number of nitrogens with zero attached hydrogens (tertiary/aromatic N) is 3. The summed E-state index contributed by atoms with van der Waals surface area (Å²) in [6.45, 7) is 4.03. The van der Waals surface area contributed by atoms with Crippen molar-refractivity contribution in [3.63, 3.8) is 0 Å². The number of benzene rings is 1. The summed E-state index contributed by atoms with van der Waals surface area (Å²) in [7, 11) is 1.79. The van der Waals surface area contributed by atoms with E-state index in [1.54, 1.807) is 24.0 Å². The van der Waals surface area contributed by atoms with Crippen molar-refractivity contribution in [2.45, 2.75) is 6.67 Å². The summed E-state index contributed by atoms with van der Waals surface area (Å²) < 4.78 is 1.59. The van der Waals surface area contributed by atoms with E-state index in [4.69, 9.17) is 16.9 Å². The van der Waals surface area contributed by atoms with Crippen molar-refractivity contribution < 1.29 is 29.6 Å². The van der Waals surface area contributed by atoms with Gasteiger partial charge in [-0.25, -0.2) is 0 Å². The zero-order valence-corrected chi connectivity index (χ0v) is 16.8. The molecule has 0 saturated heterocycles. The van der Waals surface area contributed by atoms with E-state index in [1.165, 1.54) is 6.21 Å². The van der Waals surface area contributed by atoms with Gasteiger partial charge in [0, 0.05) is 35.8 Å². The summed E-state index contributed by atoms with van der Waals surface area (Å²) in [5.74, 6) is 0.619. The van der Waals surface area contributed by atoms with Gasteiger partial charge in [0.1, 0.15) is 0 Å². The van der Waals surface area contributed by atoms with Crippen LogP contribution < -0.4 is 46.3 Å². The maximum absolute atomic E-state index is 7.78. The molecule has 0 aliphatic heterocycles. The van der Waals surface area contributed by atoms with Gasteiger partial charge in [-0.2, -0.15) is 6.07 Å². The SMILES string of the molecule is C=C(N)c1cc(NC)c(C=N)c(-c2cnc(-c3c[c-]nn3CN)[nH]2)c1.[Na+]. The van der Waals surface area contributed by atoms with E-state index < -0.39 is 0 Å². The topological polar surface area (TPSA) is 134 Å². The average Bonchev–Trinajstić information content (AvgIpc) is 3.28. The van der Waals surface area contributed by atoms with E-state index in [0.717, 1.165) is 33.8 Å². The fourth-order valence-electron chi connectivity index (χ4n) is 2.63. The second-order valence-electron chi connectivity index (χ2n) is 5.39. The van der Waals surface area contributed by atoms with Gasteiger partial charge in [-0.3, -0.25) is 4.98 Å². The predicted octanol–water partition coefficient (Wildman–Crippen LogP) is -1.37. The first kappa shape index (κ1) is 19.9. The van der Waals surface area contributed by atoms with Crippen molar-refractivity contribution in [2.24, 2.45) is 11.5 Å². The molecule has 9 heteroatoms. The molecule has 0 saturated carbocycles. The van der Waals surface area contributed by atoms with Crippen LogP contribution in [0.15, 0.2) is 31.0 Å².